The molecule has 4 heteroatoms. The zero-order valence-corrected chi connectivity index (χ0v) is 10.7. The minimum Gasteiger partial charge on any atom is -0.402 e. The van der Waals surface area contributed by atoms with Crippen LogP contribution in [0.4, 0.5) is 15.8 Å². The summed E-state index contributed by atoms with van der Waals surface area (Å²) in [5, 5.41) is 2.90. The molecular formula is C14H18FN3. The van der Waals surface area contributed by atoms with Crippen LogP contribution in [0.15, 0.2) is 35.0 Å². The topological polar surface area (TPSA) is 50.4 Å². The van der Waals surface area contributed by atoms with Crippen LogP contribution in [0.2, 0.25) is 0 Å². The number of halogens is 1. The summed E-state index contributed by atoms with van der Waals surface area (Å²) < 4.78 is 13.8. The first-order valence-electron chi connectivity index (χ1n) is 6.10. The summed E-state index contributed by atoms with van der Waals surface area (Å²) in [4.78, 5) is 4.39. The molecule has 0 radical (unpaired) electrons. The highest BCUT2D eigenvalue weighted by molar-refractivity contribution is 6.00. The molecule has 0 atom stereocenters. The molecule has 0 aromatic heterocycles. The summed E-state index contributed by atoms with van der Waals surface area (Å²) in [6, 6.07) is 4.94. The lowest BCUT2D eigenvalue weighted by molar-refractivity contribution is 0.630. The van der Waals surface area contributed by atoms with E-state index >= 15 is 0 Å². The molecule has 0 saturated heterocycles. The summed E-state index contributed by atoms with van der Waals surface area (Å²) >= 11 is 0. The molecule has 1 aromatic rings. The van der Waals surface area contributed by atoms with E-state index in [1.165, 1.54) is 6.07 Å². The predicted molar refractivity (Wildman–Crippen MR) is 73.7 cm³/mol. The van der Waals surface area contributed by atoms with Gasteiger partial charge in [-0.05, 0) is 44.0 Å². The first-order valence-corrected chi connectivity index (χ1v) is 6.10. The van der Waals surface area contributed by atoms with Crippen molar-refractivity contribution in [3.8, 4) is 0 Å². The highest BCUT2D eigenvalue weighted by Gasteiger charge is 2.26. The number of benzene rings is 1. The van der Waals surface area contributed by atoms with E-state index in [0.717, 1.165) is 24.2 Å². The Labute approximate surface area is 107 Å². The maximum absolute atomic E-state index is 13.8. The second-order valence-corrected chi connectivity index (χ2v) is 4.62. The van der Waals surface area contributed by atoms with Crippen molar-refractivity contribution in [2.45, 2.75) is 19.8 Å². The van der Waals surface area contributed by atoms with Gasteiger partial charge in [0.2, 0.25) is 0 Å². The highest BCUT2D eigenvalue weighted by atomic mass is 19.1. The van der Waals surface area contributed by atoms with Crippen molar-refractivity contribution in [1.29, 1.82) is 0 Å². The molecule has 0 unspecified atom stereocenters. The summed E-state index contributed by atoms with van der Waals surface area (Å²) in [7, 11) is 1.76. The molecule has 1 fully saturated rings. The first kappa shape index (κ1) is 12.6. The van der Waals surface area contributed by atoms with Crippen LogP contribution < -0.4 is 11.1 Å². The zero-order chi connectivity index (χ0) is 13.1. The van der Waals surface area contributed by atoms with E-state index in [0.29, 0.717) is 17.3 Å². The molecule has 0 bridgehead atoms. The van der Waals surface area contributed by atoms with Crippen molar-refractivity contribution in [3.63, 3.8) is 0 Å². The van der Waals surface area contributed by atoms with Crippen molar-refractivity contribution < 1.29 is 4.39 Å². The minimum absolute atomic E-state index is 0.317. The van der Waals surface area contributed by atoms with Gasteiger partial charge in [0.15, 0.2) is 5.82 Å². The summed E-state index contributed by atoms with van der Waals surface area (Å²) in [5.74, 6) is 0.120. The summed E-state index contributed by atoms with van der Waals surface area (Å²) in [6.07, 6.45) is 4.06. The smallest absolute Gasteiger partial charge is 0.150 e. The molecule has 1 aliphatic carbocycles. The fraction of sp³-hybridized carbons (Fsp3) is 0.357. The molecule has 1 aromatic carbocycles. The Morgan fingerprint density at radius 1 is 1.50 bits per heavy atom. The number of hydrogen-bond acceptors (Lipinski definition) is 3. The molecule has 2 rings (SSSR count). The van der Waals surface area contributed by atoms with E-state index < -0.39 is 0 Å². The number of nitrogens with zero attached hydrogens (tertiary/aromatic N) is 1. The second-order valence-electron chi connectivity index (χ2n) is 4.62. The van der Waals surface area contributed by atoms with Gasteiger partial charge in [0, 0.05) is 30.1 Å². The first-order chi connectivity index (χ1) is 8.60. The minimum atomic E-state index is -0.317. The molecule has 0 aliphatic heterocycles. The third kappa shape index (κ3) is 3.09. The molecule has 0 heterocycles. The van der Waals surface area contributed by atoms with Crippen molar-refractivity contribution >= 4 is 17.1 Å². The molecule has 1 aliphatic rings. The number of aliphatic imine (C=N–C) groups is 1. The predicted octanol–water partition coefficient (Wildman–Crippen LogP) is 3.21. The molecule has 1 saturated carbocycles. The van der Waals surface area contributed by atoms with Crippen LogP contribution in [-0.4, -0.2) is 12.8 Å². The number of nitrogens with two attached hydrogens (primary N) is 1. The van der Waals surface area contributed by atoms with Crippen molar-refractivity contribution in [2.24, 2.45) is 16.6 Å². The molecule has 18 heavy (non-hydrogen) atoms. The third-order valence-corrected chi connectivity index (χ3v) is 2.86. The van der Waals surface area contributed by atoms with Gasteiger partial charge in [0.1, 0.15) is 0 Å². The molecule has 96 valence electrons. The largest absolute Gasteiger partial charge is 0.402 e. The monoisotopic (exact) mass is 247 g/mol. The van der Waals surface area contributed by atoms with Gasteiger partial charge in [-0.1, -0.05) is 0 Å². The van der Waals surface area contributed by atoms with Gasteiger partial charge >= 0.3 is 0 Å². The quantitative estimate of drug-likeness (QED) is 0.803. The SMILES string of the molecule is CNc1ccc(N=C(C=C(C)N)C2CC2)c(F)c1. The standard InChI is InChI=1S/C14H18FN3/c1-9(16)7-14(10-3-4-10)18-13-6-5-11(17-2)8-12(13)15/h5-8,10,17H,3-4,16H2,1-2H3. The molecule has 3 N–H and O–H groups in total. The average molecular weight is 247 g/mol. The molecular weight excluding hydrogens is 229 g/mol. The maximum atomic E-state index is 13.8. The Balaban J connectivity index is 2.32. The zero-order valence-electron chi connectivity index (χ0n) is 10.7. The Bertz CT molecular complexity index is 498. The van der Waals surface area contributed by atoms with Crippen LogP contribution in [-0.2, 0) is 0 Å². The number of anilines is 1. The fourth-order valence-corrected chi connectivity index (χ4v) is 1.75. The van der Waals surface area contributed by atoms with Crippen molar-refractivity contribution in [3.05, 3.63) is 35.8 Å². The number of hydrogen-bond donors (Lipinski definition) is 2. The normalized spacial score (nSPS) is 16.8. The van der Waals surface area contributed by atoms with E-state index in [9.17, 15) is 4.39 Å². The van der Waals surface area contributed by atoms with Gasteiger partial charge < -0.3 is 11.1 Å². The van der Waals surface area contributed by atoms with E-state index in [4.69, 9.17) is 5.73 Å². The van der Waals surface area contributed by atoms with Crippen molar-refractivity contribution in [1.82, 2.24) is 0 Å². The Morgan fingerprint density at radius 3 is 2.72 bits per heavy atom. The Kier molecular flexibility index (Phi) is 3.65. The van der Waals surface area contributed by atoms with Crippen molar-refractivity contribution in [2.75, 3.05) is 12.4 Å². The van der Waals surface area contributed by atoms with Gasteiger partial charge in [-0.2, -0.15) is 0 Å². The Morgan fingerprint density at radius 2 is 2.22 bits per heavy atom. The van der Waals surface area contributed by atoms with Gasteiger partial charge in [-0.15, -0.1) is 0 Å². The summed E-state index contributed by atoms with van der Waals surface area (Å²) in [5.41, 5.74) is 8.36. The van der Waals surface area contributed by atoms with Crippen LogP contribution in [0, 0.1) is 11.7 Å². The van der Waals surface area contributed by atoms with Gasteiger partial charge in [0.05, 0.1) is 5.69 Å². The van der Waals surface area contributed by atoms with E-state index in [1.54, 1.807) is 13.1 Å². The second kappa shape index (κ2) is 5.21. The number of allylic oxidation sites excluding steroid dienone is 2. The highest BCUT2D eigenvalue weighted by Crippen LogP contribution is 2.33. The summed E-state index contributed by atoms with van der Waals surface area (Å²) in [6.45, 7) is 1.82. The third-order valence-electron chi connectivity index (χ3n) is 2.86. The van der Waals surface area contributed by atoms with Crippen LogP contribution in [0.5, 0.6) is 0 Å². The van der Waals surface area contributed by atoms with E-state index in [2.05, 4.69) is 10.3 Å². The van der Waals surface area contributed by atoms with E-state index in [-0.39, 0.29) is 5.82 Å². The van der Waals surface area contributed by atoms with Crippen LogP contribution >= 0.6 is 0 Å². The number of rotatable bonds is 4. The van der Waals surface area contributed by atoms with Gasteiger partial charge in [-0.3, -0.25) is 4.99 Å². The fourth-order valence-electron chi connectivity index (χ4n) is 1.75. The lowest BCUT2D eigenvalue weighted by atomic mass is 10.2. The van der Waals surface area contributed by atoms with Crippen LogP contribution in [0.1, 0.15) is 19.8 Å². The van der Waals surface area contributed by atoms with Crippen LogP contribution in [0.3, 0.4) is 0 Å². The Hall–Kier alpha value is -1.84. The molecule has 0 spiro atoms. The maximum Gasteiger partial charge on any atom is 0.150 e. The molecule has 0 amide bonds. The van der Waals surface area contributed by atoms with E-state index in [1.807, 2.05) is 19.1 Å². The van der Waals surface area contributed by atoms with Crippen LogP contribution in [0.25, 0.3) is 0 Å². The number of nitrogens with one attached hydrogen (secondary N) is 1. The van der Waals surface area contributed by atoms with Gasteiger partial charge in [-0.25, -0.2) is 4.39 Å². The lowest BCUT2D eigenvalue weighted by Gasteiger charge is -2.04. The van der Waals surface area contributed by atoms with Gasteiger partial charge in [0.25, 0.3) is 0 Å². The lowest BCUT2D eigenvalue weighted by Crippen LogP contribution is -2.01. The average Bonchev–Trinajstić information content (AvgIpc) is 3.14. The molecule has 3 nitrogen and oxygen atoms in total.